The highest BCUT2D eigenvalue weighted by Gasteiger charge is 2.18. The summed E-state index contributed by atoms with van der Waals surface area (Å²) < 4.78 is 0. The lowest BCUT2D eigenvalue weighted by Gasteiger charge is -2.02. The summed E-state index contributed by atoms with van der Waals surface area (Å²) in [7, 11) is 0. The van der Waals surface area contributed by atoms with Gasteiger partial charge < -0.3 is 0 Å². The van der Waals surface area contributed by atoms with Crippen molar-refractivity contribution in [1.29, 1.82) is 0 Å². The molecule has 0 heterocycles. The van der Waals surface area contributed by atoms with Gasteiger partial charge in [-0.15, -0.1) is 0 Å². The Balaban J connectivity index is 2.18. The molecule has 0 N–H and O–H groups in total. The first-order chi connectivity index (χ1) is 7.84. The first kappa shape index (κ1) is 9.34. The highest BCUT2D eigenvalue weighted by atomic mass is 16.1. The second kappa shape index (κ2) is 3.60. The predicted molar refractivity (Wildman–Crippen MR) is 62.4 cm³/mol. The summed E-state index contributed by atoms with van der Waals surface area (Å²) in [4.78, 5) is 12.0. The average molecular weight is 206 g/mol. The predicted octanol–water partition coefficient (Wildman–Crippen LogP) is 2.90. The molecule has 0 aliphatic heterocycles. The van der Waals surface area contributed by atoms with Gasteiger partial charge in [-0.3, -0.25) is 4.79 Å². The van der Waals surface area contributed by atoms with E-state index in [0.717, 1.165) is 22.3 Å². The summed E-state index contributed by atoms with van der Waals surface area (Å²) in [5.41, 5.74) is 3.76. The third-order valence-electron chi connectivity index (χ3n) is 2.87. The van der Waals surface area contributed by atoms with Crippen LogP contribution < -0.4 is 0 Å². The molecule has 0 fully saturated rings. The van der Waals surface area contributed by atoms with Crippen molar-refractivity contribution < 1.29 is 4.79 Å². The van der Waals surface area contributed by atoms with Crippen LogP contribution in [-0.2, 0) is 6.42 Å². The molecule has 1 aliphatic rings. The van der Waals surface area contributed by atoms with Gasteiger partial charge in [-0.1, -0.05) is 48.5 Å². The van der Waals surface area contributed by atoms with Crippen molar-refractivity contribution in [3.8, 4) is 0 Å². The van der Waals surface area contributed by atoms with Gasteiger partial charge in [0.25, 0.3) is 0 Å². The van der Waals surface area contributed by atoms with Crippen molar-refractivity contribution in [3.05, 3.63) is 77.2 Å². The van der Waals surface area contributed by atoms with Crippen LogP contribution in [0.5, 0.6) is 0 Å². The van der Waals surface area contributed by atoms with Crippen molar-refractivity contribution in [2.45, 2.75) is 6.42 Å². The van der Waals surface area contributed by atoms with Crippen molar-refractivity contribution >= 4 is 5.78 Å². The fourth-order valence-corrected chi connectivity index (χ4v) is 2.04. The van der Waals surface area contributed by atoms with Crippen LogP contribution in [-0.4, -0.2) is 5.78 Å². The normalized spacial score (nSPS) is 13.9. The Morgan fingerprint density at radius 3 is 2.44 bits per heavy atom. The Kier molecular flexibility index (Phi) is 2.10. The number of hydrogen-bond donors (Lipinski definition) is 0. The average Bonchev–Trinajstić information content (AvgIpc) is 2.45. The molecular formula is C15H10O. The largest absolute Gasteiger partial charge is 0.294 e. The summed E-state index contributed by atoms with van der Waals surface area (Å²) in [6.07, 6.45) is 3.78. The molecule has 0 saturated heterocycles. The van der Waals surface area contributed by atoms with E-state index >= 15 is 0 Å². The molecule has 0 unspecified atom stereocenters. The summed E-state index contributed by atoms with van der Waals surface area (Å²) >= 11 is 0. The van der Waals surface area contributed by atoms with Crippen molar-refractivity contribution in [3.63, 3.8) is 0 Å². The molecule has 0 bridgehead atoms. The van der Waals surface area contributed by atoms with E-state index in [1.54, 1.807) is 0 Å². The highest BCUT2D eigenvalue weighted by molar-refractivity contribution is 6.00. The van der Waals surface area contributed by atoms with Crippen LogP contribution in [0.25, 0.3) is 0 Å². The molecule has 0 spiro atoms. The Morgan fingerprint density at radius 1 is 0.875 bits per heavy atom. The zero-order chi connectivity index (χ0) is 11.0. The van der Waals surface area contributed by atoms with Gasteiger partial charge in [-0.05, 0) is 16.7 Å². The Morgan fingerprint density at radius 2 is 1.56 bits per heavy atom. The second-order valence-electron chi connectivity index (χ2n) is 3.93. The van der Waals surface area contributed by atoms with E-state index in [1.807, 2.05) is 48.5 Å². The lowest BCUT2D eigenvalue weighted by Crippen LogP contribution is -2.03. The van der Waals surface area contributed by atoms with Crippen molar-refractivity contribution in [2.24, 2.45) is 0 Å². The molecule has 0 aromatic heterocycles. The zero-order valence-corrected chi connectivity index (χ0v) is 8.73. The molecule has 0 saturated carbocycles. The van der Waals surface area contributed by atoms with E-state index in [0.29, 0.717) is 6.42 Å². The third-order valence-corrected chi connectivity index (χ3v) is 2.87. The minimum absolute atomic E-state index is 0.174. The van der Waals surface area contributed by atoms with Crippen LogP contribution in [0.15, 0.2) is 48.5 Å². The maximum Gasteiger partial charge on any atom is 0.167 e. The fourth-order valence-electron chi connectivity index (χ4n) is 2.04. The monoisotopic (exact) mass is 206 g/mol. The molecule has 2 radical (unpaired) electrons. The third kappa shape index (κ3) is 1.45. The van der Waals surface area contributed by atoms with Crippen LogP contribution in [0.1, 0.15) is 27.0 Å². The van der Waals surface area contributed by atoms with Crippen LogP contribution in [0.4, 0.5) is 0 Å². The fraction of sp³-hybridized carbons (Fsp3) is 0.0667. The molecular weight excluding hydrogens is 196 g/mol. The number of benzene rings is 2. The minimum Gasteiger partial charge on any atom is -0.294 e. The van der Waals surface area contributed by atoms with Gasteiger partial charge in [0.2, 0.25) is 0 Å². The van der Waals surface area contributed by atoms with Crippen molar-refractivity contribution in [2.75, 3.05) is 0 Å². The number of carbonyl (C=O) groups excluding carboxylic acids is 1. The van der Waals surface area contributed by atoms with Gasteiger partial charge in [-0.2, -0.15) is 0 Å². The second-order valence-corrected chi connectivity index (χ2v) is 3.93. The summed E-state index contributed by atoms with van der Waals surface area (Å²) in [6, 6.07) is 15.6. The van der Waals surface area contributed by atoms with E-state index in [1.165, 1.54) is 0 Å². The molecule has 1 nitrogen and oxygen atoms in total. The van der Waals surface area contributed by atoms with E-state index in [2.05, 4.69) is 6.42 Å². The van der Waals surface area contributed by atoms with Gasteiger partial charge in [0.15, 0.2) is 5.78 Å². The number of fused-ring (bicyclic) bond motifs is 2. The maximum absolute atomic E-state index is 12.0. The van der Waals surface area contributed by atoms with E-state index in [9.17, 15) is 4.79 Å². The highest BCUT2D eigenvalue weighted by Crippen LogP contribution is 2.25. The number of hydrogen-bond acceptors (Lipinski definition) is 1. The Bertz CT molecular complexity index is 555. The Hall–Kier alpha value is -1.89. The van der Waals surface area contributed by atoms with Gasteiger partial charge in [-0.25, -0.2) is 0 Å². The summed E-state index contributed by atoms with van der Waals surface area (Å²) in [5, 5.41) is 0. The van der Waals surface area contributed by atoms with E-state index in [-0.39, 0.29) is 5.78 Å². The summed E-state index contributed by atoms with van der Waals surface area (Å²) in [5.74, 6) is 0.174. The van der Waals surface area contributed by atoms with Crippen LogP contribution in [0.2, 0.25) is 0 Å². The molecule has 0 amide bonds. The quantitative estimate of drug-likeness (QED) is 0.647. The molecule has 76 valence electrons. The maximum atomic E-state index is 12.0. The number of Topliss-reactive ketones (excluding diaryl/α,β-unsaturated/α-hetero) is 1. The lowest BCUT2D eigenvalue weighted by atomic mass is 10.0. The Labute approximate surface area is 94.7 Å². The first-order valence-corrected chi connectivity index (χ1v) is 5.32. The minimum atomic E-state index is 0.174. The van der Waals surface area contributed by atoms with Gasteiger partial charge >= 0.3 is 0 Å². The van der Waals surface area contributed by atoms with E-state index in [4.69, 9.17) is 0 Å². The van der Waals surface area contributed by atoms with Crippen LogP contribution in [0, 0.1) is 6.42 Å². The topological polar surface area (TPSA) is 17.1 Å². The zero-order valence-electron chi connectivity index (χ0n) is 8.73. The molecule has 2 aromatic carbocycles. The number of ketones is 1. The summed E-state index contributed by atoms with van der Waals surface area (Å²) in [6.45, 7) is 0. The van der Waals surface area contributed by atoms with Crippen LogP contribution in [0.3, 0.4) is 0 Å². The number of carbonyl (C=O) groups is 1. The smallest absolute Gasteiger partial charge is 0.167 e. The van der Waals surface area contributed by atoms with Gasteiger partial charge in [0.05, 0.1) is 6.42 Å². The number of rotatable bonds is 0. The first-order valence-electron chi connectivity index (χ1n) is 5.32. The lowest BCUT2D eigenvalue weighted by molar-refractivity contribution is 0.0993. The molecule has 1 aliphatic carbocycles. The molecule has 0 atom stereocenters. The molecule has 3 rings (SSSR count). The van der Waals surface area contributed by atoms with Crippen LogP contribution >= 0.6 is 0 Å². The molecule has 1 heteroatoms. The SMILES string of the molecule is O=C1Cc2ccccc2[C]c2ccccc21. The molecule has 2 aromatic rings. The van der Waals surface area contributed by atoms with Gasteiger partial charge in [0, 0.05) is 12.0 Å². The van der Waals surface area contributed by atoms with Crippen molar-refractivity contribution in [1.82, 2.24) is 0 Å². The molecule has 16 heavy (non-hydrogen) atoms. The van der Waals surface area contributed by atoms with Gasteiger partial charge in [0.1, 0.15) is 0 Å². The standard InChI is InChI=1S/C15H10O/c16-15-10-12-6-2-1-5-11(12)9-13-7-3-4-8-14(13)15/h1-8H,10H2. The van der Waals surface area contributed by atoms with E-state index < -0.39 is 0 Å².